The summed E-state index contributed by atoms with van der Waals surface area (Å²) in [5, 5.41) is 10.1. The summed E-state index contributed by atoms with van der Waals surface area (Å²) in [5.74, 6) is 0.102. The van der Waals surface area contributed by atoms with Gasteiger partial charge in [0.15, 0.2) is 0 Å². The topological polar surface area (TPSA) is 81.2 Å². The highest BCUT2D eigenvalue weighted by Crippen LogP contribution is 2.23. The summed E-state index contributed by atoms with van der Waals surface area (Å²) in [5.41, 5.74) is 0.766. The molecule has 1 aromatic carbocycles. The SMILES string of the molecule is O=C(C=Cc1ccc(Cl)c(Cl)c1)N1CCC(=O)N(CCC(=O)N2CCC(CO)CC2)CC1. The Hall–Kier alpha value is -2.09. The number of hydrogen-bond donors (Lipinski definition) is 1. The van der Waals surface area contributed by atoms with Crippen molar-refractivity contribution in [2.75, 3.05) is 45.9 Å². The molecule has 7 nitrogen and oxygen atoms in total. The van der Waals surface area contributed by atoms with Crippen molar-refractivity contribution in [1.29, 1.82) is 0 Å². The van der Waals surface area contributed by atoms with E-state index < -0.39 is 0 Å². The molecule has 174 valence electrons. The number of nitrogens with zero attached hydrogens (tertiary/aromatic N) is 3. The first-order valence-corrected chi connectivity index (χ1v) is 11.7. The lowest BCUT2D eigenvalue weighted by molar-refractivity contribution is -0.135. The summed E-state index contributed by atoms with van der Waals surface area (Å²) in [7, 11) is 0. The Labute approximate surface area is 198 Å². The Balaban J connectivity index is 1.47. The molecule has 1 aromatic rings. The zero-order valence-electron chi connectivity index (χ0n) is 18.0. The third-order valence-corrected chi connectivity index (χ3v) is 6.82. The fourth-order valence-corrected chi connectivity index (χ4v) is 4.27. The number of hydrogen-bond acceptors (Lipinski definition) is 4. The summed E-state index contributed by atoms with van der Waals surface area (Å²) in [4.78, 5) is 42.7. The third-order valence-electron chi connectivity index (χ3n) is 6.08. The average molecular weight is 482 g/mol. The molecule has 2 saturated heterocycles. The van der Waals surface area contributed by atoms with Gasteiger partial charge in [0.05, 0.1) is 10.0 Å². The van der Waals surface area contributed by atoms with Crippen LogP contribution in [0.2, 0.25) is 10.0 Å². The Morgan fingerprint density at radius 2 is 1.78 bits per heavy atom. The van der Waals surface area contributed by atoms with E-state index >= 15 is 0 Å². The number of piperidine rings is 1. The first kappa shape index (κ1) is 24.6. The lowest BCUT2D eigenvalue weighted by atomic mass is 9.98. The maximum atomic E-state index is 12.6. The van der Waals surface area contributed by atoms with Crippen molar-refractivity contribution in [3.63, 3.8) is 0 Å². The van der Waals surface area contributed by atoms with Gasteiger partial charge in [-0.25, -0.2) is 0 Å². The van der Waals surface area contributed by atoms with Crippen LogP contribution in [-0.4, -0.2) is 83.4 Å². The van der Waals surface area contributed by atoms with Gasteiger partial charge in [-0.05, 0) is 42.5 Å². The second-order valence-corrected chi connectivity index (χ2v) is 9.03. The van der Waals surface area contributed by atoms with Crippen LogP contribution in [0.4, 0.5) is 0 Å². The fourth-order valence-electron chi connectivity index (χ4n) is 3.97. The molecule has 32 heavy (non-hydrogen) atoms. The summed E-state index contributed by atoms with van der Waals surface area (Å²) >= 11 is 11.9. The van der Waals surface area contributed by atoms with Crippen LogP contribution in [-0.2, 0) is 14.4 Å². The minimum Gasteiger partial charge on any atom is -0.396 e. The number of aliphatic hydroxyl groups is 1. The molecule has 2 aliphatic rings. The molecule has 0 unspecified atom stereocenters. The molecule has 0 aromatic heterocycles. The molecule has 1 N–H and O–H groups in total. The number of carbonyl (C=O) groups is 3. The monoisotopic (exact) mass is 481 g/mol. The fraction of sp³-hybridized carbons (Fsp3) is 0.522. The molecule has 0 aliphatic carbocycles. The van der Waals surface area contributed by atoms with E-state index in [1.807, 2.05) is 4.90 Å². The van der Waals surface area contributed by atoms with Crippen LogP contribution in [0, 0.1) is 5.92 Å². The lowest BCUT2D eigenvalue weighted by Gasteiger charge is -2.32. The number of rotatable bonds is 6. The Bertz CT molecular complexity index is 869. The number of likely N-dealkylation sites (tertiary alicyclic amines) is 1. The Morgan fingerprint density at radius 3 is 2.47 bits per heavy atom. The van der Waals surface area contributed by atoms with Gasteiger partial charge in [0.2, 0.25) is 17.7 Å². The summed E-state index contributed by atoms with van der Waals surface area (Å²) in [6, 6.07) is 5.13. The molecule has 0 saturated carbocycles. The van der Waals surface area contributed by atoms with Crippen LogP contribution in [0.1, 0.15) is 31.2 Å². The second-order valence-electron chi connectivity index (χ2n) is 8.22. The normalized spacial score (nSPS) is 18.3. The molecule has 3 amide bonds. The van der Waals surface area contributed by atoms with Crippen LogP contribution in [0.3, 0.4) is 0 Å². The van der Waals surface area contributed by atoms with Crippen LogP contribution in [0.15, 0.2) is 24.3 Å². The first-order valence-electron chi connectivity index (χ1n) is 11.0. The summed E-state index contributed by atoms with van der Waals surface area (Å²) in [6.07, 6.45) is 5.30. The third kappa shape index (κ3) is 6.70. The van der Waals surface area contributed by atoms with E-state index in [1.54, 1.807) is 34.1 Å². The van der Waals surface area contributed by atoms with Crippen LogP contribution in [0.25, 0.3) is 6.08 Å². The second kappa shape index (κ2) is 11.7. The highest BCUT2D eigenvalue weighted by Gasteiger charge is 2.26. The molecule has 0 atom stereocenters. The van der Waals surface area contributed by atoms with E-state index in [1.165, 1.54) is 6.08 Å². The first-order chi connectivity index (χ1) is 15.4. The molecule has 3 rings (SSSR count). The predicted molar refractivity (Wildman–Crippen MR) is 124 cm³/mol. The van der Waals surface area contributed by atoms with Crippen molar-refractivity contribution in [3.8, 4) is 0 Å². The molecule has 2 heterocycles. The highest BCUT2D eigenvalue weighted by atomic mass is 35.5. The molecular formula is C23H29Cl2N3O4. The van der Waals surface area contributed by atoms with E-state index in [4.69, 9.17) is 23.2 Å². The number of carbonyl (C=O) groups excluding carboxylic acids is 3. The summed E-state index contributed by atoms with van der Waals surface area (Å²) < 4.78 is 0. The number of halogens is 2. The molecule has 0 spiro atoms. The standard InChI is InChI=1S/C23H29Cl2N3O4/c24-19-3-1-17(15-20(19)25)2-4-21(30)27-11-8-23(32)28(14-13-27)12-7-22(31)26-9-5-18(16-29)6-10-26/h1-4,15,18,29H,5-14,16H2. The van der Waals surface area contributed by atoms with Gasteiger partial charge in [0, 0.05) is 64.8 Å². The van der Waals surface area contributed by atoms with Crippen molar-refractivity contribution in [2.45, 2.75) is 25.7 Å². The smallest absolute Gasteiger partial charge is 0.246 e. The lowest BCUT2D eigenvalue weighted by Crippen LogP contribution is -2.42. The van der Waals surface area contributed by atoms with Crippen molar-refractivity contribution in [2.24, 2.45) is 5.92 Å². The molecule has 0 bridgehead atoms. The predicted octanol–water partition coefficient (Wildman–Crippen LogP) is 2.69. The Morgan fingerprint density at radius 1 is 1.03 bits per heavy atom. The van der Waals surface area contributed by atoms with E-state index in [9.17, 15) is 19.5 Å². The summed E-state index contributed by atoms with van der Waals surface area (Å²) in [6.45, 7) is 3.03. The van der Waals surface area contributed by atoms with Crippen molar-refractivity contribution in [1.82, 2.24) is 14.7 Å². The van der Waals surface area contributed by atoms with Crippen molar-refractivity contribution >= 4 is 47.0 Å². The number of aliphatic hydroxyl groups excluding tert-OH is 1. The minimum atomic E-state index is -0.173. The molecule has 0 radical (unpaired) electrons. The number of amides is 3. The molecular weight excluding hydrogens is 453 g/mol. The average Bonchev–Trinajstić information content (AvgIpc) is 2.99. The zero-order chi connectivity index (χ0) is 23.1. The largest absolute Gasteiger partial charge is 0.396 e. The van der Waals surface area contributed by atoms with Gasteiger partial charge in [-0.3, -0.25) is 14.4 Å². The van der Waals surface area contributed by atoms with Crippen LogP contribution in [0.5, 0.6) is 0 Å². The van der Waals surface area contributed by atoms with Gasteiger partial charge in [0.25, 0.3) is 0 Å². The van der Waals surface area contributed by atoms with Gasteiger partial charge < -0.3 is 19.8 Å². The van der Waals surface area contributed by atoms with Gasteiger partial charge >= 0.3 is 0 Å². The van der Waals surface area contributed by atoms with Crippen molar-refractivity contribution < 1.29 is 19.5 Å². The van der Waals surface area contributed by atoms with E-state index in [0.717, 1.165) is 18.4 Å². The number of benzene rings is 1. The van der Waals surface area contributed by atoms with Gasteiger partial charge in [-0.1, -0.05) is 29.3 Å². The van der Waals surface area contributed by atoms with E-state index in [2.05, 4.69) is 0 Å². The van der Waals surface area contributed by atoms with Gasteiger partial charge in [0.1, 0.15) is 0 Å². The zero-order valence-corrected chi connectivity index (χ0v) is 19.5. The van der Waals surface area contributed by atoms with E-state index in [0.29, 0.717) is 49.3 Å². The maximum Gasteiger partial charge on any atom is 0.246 e. The molecule has 2 fully saturated rings. The van der Waals surface area contributed by atoms with Gasteiger partial charge in [-0.15, -0.1) is 0 Å². The van der Waals surface area contributed by atoms with Crippen LogP contribution < -0.4 is 0 Å². The highest BCUT2D eigenvalue weighted by molar-refractivity contribution is 6.42. The quantitative estimate of drug-likeness (QED) is 0.633. The Kier molecular flexibility index (Phi) is 8.96. The maximum absolute atomic E-state index is 12.6. The van der Waals surface area contributed by atoms with Crippen molar-refractivity contribution in [3.05, 3.63) is 39.9 Å². The van der Waals surface area contributed by atoms with E-state index in [-0.39, 0.29) is 43.1 Å². The molecule has 2 aliphatic heterocycles. The van der Waals surface area contributed by atoms with Crippen LogP contribution >= 0.6 is 23.2 Å². The molecule has 9 heteroatoms. The van der Waals surface area contributed by atoms with Gasteiger partial charge in [-0.2, -0.15) is 0 Å². The minimum absolute atomic E-state index is 0.0379.